The third kappa shape index (κ3) is 1.75. The Morgan fingerprint density at radius 1 is 1.17 bits per heavy atom. The molecule has 0 saturated heterocycles. The molecular formula is C13H11N3O2. The van der Waals surface area contributed by atoms with Crippen LogP contribution in [0.5, 0.6) is 0 Å². The second kappa shape index (κ2) is 4.37. The Hall–Kier alpha value is -2.56. The van der Waals surface area contributed by atoms with Crippen molar-refractivity contribution in [3.05, 3.63) is 42.9 Å². The van der Waals surface area contributed by atoms with Gasteiger partial charge in [0.2, 0.25) is 5.82 Å². The molecule has 0 aliphatic carbocycles. The van der Waals surface area contributed by atoms with E-state index in [4.69, 9.17) is 8.94 Å². The highest BCUT2D eigenvalue weighted by Gasteiger charge is 2.13. The van der Waals surface area contributed by atoms with Crippen molar-refractivity contribution in [3.8, 4) is 22.8 Å². The molecule has 2 aromatic heterocycles. The third-order valence-corrected chi connectivity index (χ3v) is 2.63. The SMILES string of the molecule is CNc1ccccc1-c1nc(-c2ccoc2)no1. The molecule has 3 rings (SSSR count). The largest absolute Gasteiger partial charge is 0.472 e. The lowest BCUT2D eigenvalue weighted by molar-refractivity contribution is 0.432. The summed E-state index contributed by atoms with van der Waals surface area (Å²) in [7, 11) is 1.85. The zero-order chi connectivity index (χ0) is 12.4. The van der Waals surface area contributed by atoms with Crippen LogP contribution < -0.4 is 5.32 Å². The Morgan fingerprint density at radius 2 is 2.06 bits per heavy atom. The van der Waals surface area contributed by atoms with Gasteiger partial charge >= 0.3 is 0 Å². The molecule has 0 fully saturated rings. The standard InChI is InChI=1S/C13H11N3O2/c1-14-11-5-3-2-4-10(11)13-15-12(16-18-13)9-6-7-17-8-9/h2-8,14H,1H3. The number of aromatic nitrogens is 2. The molecule has 1 aromatic carbocycles. The maximum atomic E-state index is 5.27. The van der Waals surface area contributed by atoms with Gasteiger partial charge in [0.05, 0.1) is 17.4 Å². The normalized spacial score (nSPS) is 10.5. The van der Waals surface area contributed by atoms with E-state index in [1.54, 1.807) is 18.6 Å². The first kappa shape index (κ1) is 10.6. The van der Waals surface area contributed by atoms with Gasteiger partial charge in [0.25, 0.3) is 5.89 Å². The zero-order valence-electron chi connectivity index (χ0n) is 9.75. The van der Waals surface area contributed by atoms with Gasteiger partial charge in [0, 0.05) is 12.7 Å². The predicted molar refractivity (Wildman–Crippen MR) is 67.0 cm³/mol. The van der Waals surface area contributed by atoms with Crippen molar-refractivity contribution >= 4 is 5.69 Å². The molecule has 5 heteroatoms. The molecule has 18 heavy (non-hydrogen) atoms. The Bertz CT molecular complexity index is 644. The molecule has 0 saturated carbocycles. The van der Waals surface area contributed by atoms with Crippen molar-refractivity contribution in [1.82, 2.24) is 10.1 Å². The van der Waals surface area contributed by atoms with E-state index in [9.17, 15) is 0 Å². The summed E-state index contributed by atoms with van der Waals surface area (Å²) < 4.78 is 10.3. The fourth-order valence-corrected chi connectivity index (χ4v) is 1.73. The van der Waals surface area contributed by atoms with Crippen molar-refractivity contribution < 1.29 is 8.94 Å². The molecule has 2 heterocycles. The highest BCUT2D eigenvalue weighted by molar-refractivity contribution is 5.73. The highest BCUT2D eigenvalue weighted by atomic mass is 16.5. The van der Waals surface area contributed by atoms with Crippen LogP contribution in [0.3, 0.4) is 0 Å². The summed E-state index contributed by atoms with van der Waals surface area (Å²) in [6.45, 7) is 0. The predicted octanol–water partition coefficient (Wildman–Crippen LogP) is 3.04. The molecule has 0 aliphatic heterocycles. The van der Waals surface area contributed by atoms with Gasteiger partial charge in [-0.25, -0.2) is 0 Å². The fraction of sp³-hybridized carbons (Fsp3) is 0.0769. The van der Waals surface area contributed by atoms with Crippen molar-refractivity contribution in [2.24, 2.45) is 0 Å². The minimum absolute atomic E-state index is 0.483. The van der Waals surface area contributed by atoms with Crippen LogP contribution in [0.15, 0.2) is 51.8 Å². The van der Waals surface area contributed by atoms with Crippen LogP contribution in [-0.2, 0) is 0 Å². The topological polar surface area (TPSA) is 64.1 Å². The van der Waals surface area contributed by atoms with E-state index >= 15 is 0 Å². The number of hydrogen-bond acceptors (Lipinski definition) is 5. The number of furan rings is 1. The van der Waals surface area contributed by atoms with Crippen LogP contribution in [0.4, 0.5) is 5.69 Å². The van der Waals surface area contributed by atoms with E-state index < -0.39 is 0 Å². The molecule has 0 amide bonds. The van der Waals surface area contributed by atoms with Gasteiger partial charge in [0.1, 0.15) is 6.26 Å². The lowest BCUT2D eigenvalue weighted by atomic mass is 10.2. The van der Waals surface area contributed by atoms with Crippen LogP contribution in [-0.4, -0.2) is 17.2 Å². The number of hydrogen-bond donors (Lipinski definition) is 1. The monoisotopic (exact) mass is 241 g/mol. The van der Waals surface area contributed by atoms with Crippen LogP contribution in [0.25, 0.3) is 22.8 Å². The number of benzene rings is 1. The van der Waals surface area contributed by atoms with Gasteiger partial charge in [-0.1, -0.05) is 17.3 Å². The van der Waals surface area contributed by atoms with Crippen LogP contribution >= 0.6 is 0 Å². The summed E-state index contributed by atoms with van der Waals surface area (Å²) in [5, 5.41) is 7.03. The Labute approximate surface area is 103 Å². The Kier molecular flexibility index (Phi) is 2.57. The zero-order valence-corrected chi connectivity index (χ0v) is 9.75. The number of anilines is 1. The molecule has 0 aliphatic rings. The quantitative estimate of drug-likeness (QED) is 0.763. The van der Waals surface area contributed by atoms with Gasteiger partial charge in [-0.2, -0.15) is 4.98 Å². The van der Waals surface area contributed by atoms with Gasteiger partial charge in [-0.3, -0.25) is 0 Å². The Balaban J connectivity index is 2.03. The van der Waals surface area contributed by atoms with Crippen molar-refractivity contribution in [2.75, 3.05) is 12.4 Å². The number of rotatable bonds is 3. The molecule has 0 radical (unpaired) electrons. The molecule has 0 atom stereocenters. The molecular weight excluding hydrogens is 230 g/mol. The molecule has 3 aromatic rings. The second-order valence-corrected chi connectivity index (χ2v) is 3.73. The van der Waals surface area contributed by atoms with Crippen molar-refractivity contribution in [3.63, 3.8) is 0 Å². The van der Waals surface area contributed by atoms with Gasteiger partial charge in [0.15, 0.2) is 0 Å². The number of nitrogens with zero attached hydrogens (tertiary/aromatic N) is 2. The number of para-hydroxylation sites is 1. The first-order chi connectivity index (χ1) is 8.88. The van der Waals surface area contributed by atoms with Gasteiger partial charge < -0.3 is 14.3 Å². The van der Waals surface area contributed by atoms with E-state index in [1.165, 1.54) is 0 Å². The number of nitrogens with one attached hydrogen (secondary N) is 1. The van der Waals surface area contributed by atoms with Gasteiger partial charge in [-0.15, -0.1) is 0 Å². The minimum Gasteiger partial charge on any atom is -0.472 e. The summed E-state index contributed by atoms with van der Waals surface area (Å²) in [6.07, 6.45) is 3.16. The van der Waals surface area contributed by atoms with Crippen molar-refractivity contribution in [2.45, 2.75) is 0 Å². The van der Waals surface area contributed by atoms with E-state index in [1.807, 2.05) is 31.3 Å². The van der Waals surface area contributed by atoms with E-state index in [0.717, 1.165) is 16.8 Å². The lowest BCUT2D eigenvalue weighted by Crippen LogP contribution is -1.91. The smallest absolute Gasteiger partial charge is 0.260 e. The van der Waals surface area contributed by atoms with Crippen LogP contribution in [0.1, 0.15) is 0 Å². The maximum absolute atomic E-state index is 5.27. The average molecular weight is 241 g/mol. The minimum atomic E-state index is 0.483. The first-order valence-corrected chi connectivity index (χ1v) is 5.52. The summed E-state index contributed by atoms with van der Waals surface area (Å²) in [5.41, 5.74) is 2.62. The Morgan fingerprint density at radius 3 is 2.83 bits per heavy atom. The van der Waals surface area contributed by atoms with Crippen LogP contribution in [0, 0.1) is 0 Å². The molecule has 1 N–H and O–H groups in total. The lowest BCUT2D eigenvalue weighted by Gasteiger charge is -2.03. The van der Waals surface area contributed by atoms with E-state index in [0.29, 0.717) is 11.7 Å². The second-order valence-electron chi connectivity index (χ2n) is 3.73. The third-order valence-electron chi connectivity index (χ3n) is 2.63. The molecule has 90 valence electrons. The summed E-state index contributed by atoms with van der Waals surface area (Å²) in [4.78, 5) is 4.35. The maximum Gasteiger partial charge on any atom is 0.260 e. The summed E-state index contributed by atoms with van der Waals surface area (Å²) in [6, 6.07) is 9.55. The highest BCUT2D eigenvalue weighted by Crippen LogP contribution is 2.27. The molecule has 0 spiro atoms. The van der Waals surface area contributed by atoms with E-state index in [-0.39, 0.29) is 0 Å². The first-order valence-electron chi connectivity index (χ1n) is 5.52. The average Bonchev–Trinajstić information content (AvgIpc) is 3.09. The molecule has 0 unspecified atom stereocenters. The van der Waals surface area contributed by atoms with Crippen molar-refractivity contribution in [1.29, 1.82) is 0 Å². The van der Waals surface area contributed by atoms with Gasteiger partial charge in [-0.05, 0) is 18.2 Å². The van der Waals surface area contributed by atoms with Crippen LogP contribution in [0.2, 0.25) is 0 Å². The molecule has 5 nitrogen and oxygen atoms in total. The molecule has 0 bridgehead atoms. The summed E-state index contributed by atoms with van der Waals surface area (Å²) >= 11 is 0. The fourth-order valence-electron chi connectivity index (χ4n) is 1.73. The van der Waals surface area contributed by atoms with E-state index in [2.05, 4.69) is 15.5 Å². The summed E-state index contributed by atoms with van der Waals surface area (Å²) in [5.74, 6) is 1.00.